The Morgan fingerprint density at radius 3 is 2.83 bits per heavy atom. The fourth-order valence-electron chi connectivity index (χ4n) is 2.94. The van der Waals surface area contributed by atoms with Gasteiger partial charge in [0.15, 0.2) is 0 Å². The summed E-state index contributed by atoms with van der Waals surface area (Å²) in [5.74, 6) is 0.841. The highest BCUT2D eigenvalue weighted by atomic mass is 14.9. The van der Waals surface area contributed by atoms with E-state index in [4.69, 9.17) is 0 Å². The molecule has 1 saturated carbocycles. The van der Waals surface area contributed by atoms with Crippen molar-refractivity contribution in [1.82, 2.24) is 5.32 Å². The summed E-state index contributed by atoms with van der Waals surface area (Å²) in [4.78, 5) is 0. The second kappa shape index (κ2) is 4.40. The monoisotopic (exact) mass is 239 g/mol. The predicted molar refractivity (Wildman–Crippen MR) is 78.2 cm³/mol. The molecule has 0 amide bonds. The molecule has 2 aliphatic rings. The van der Waals surface area contributed by atoms with Gasteiger partial charge in [0, 0.05) is 13.1 Å². The normalized spacial score (nSPS) is 18.9. The molecule has 1 aromatic carbocycles. The molecule has 0 unspecified atom stereocenters. The average molecular weight is 239 g/mol. The predicted octanol–water partition coefficient (Wildman–Crippen LogP) is 4.05. The SMILES string of the molecule is C=Cc1cc2c(c(C)c1/C=C(\C)C1CC1)CNC2. The van der Waals surface area contributed by atoms with E-state index in [1.54, 1.807) is 0 Å². The summed E-state index contributed by atoms with van der Waals surface area (Å²) in [5.41, 5.74) is 8.59. The smallest absolute Gasteiger partial charge is 0.0214 e. The molecule has 0 atom stereocenters. The van der Waals surface area contributed by atoms with E-state index in [0.29, 0.717) is 0 Å². The maximum atomic E-state index is 3.98. The lowest BCUT2D eigenvalue weighted by Gasteiger charge is -2.12. The number of hydrogen-bond donors (Lipinski definition) is 1. The van der Waals surface area contributed by atoms with Gasteiger partial charge in [-0.2, -0.15) is 0 Å². The molecule has 0 aromatic heterocycles. The van der Waals surface area contributed by atoms with Gasteiger partial charge in [-0.1, -0.05) is 24.3 Å². The van der Waals surface area contributed by atoms with Gasteiger partial charge >= 0.3 is 0 Å². The van der Waals surface area contributed by atoms with Gasteiger partial charge in [-0.3, -0.25) is 0 Å². The van der Waals surface area contributed by atoms with E-state index in [0.717, 1.165) is 19.0 Å². The lowest BCUT2D eigenvalue weighted by Crippen LogP contribution is -2.00. The van der Waals surface area contributed by atoms with Crippen molar-refractivity contribution >= 4 is 12.2 Å². The van der Waals surface area contributed by atoms with Crippen LogP contribution in [0.25, 0.3) is 12.2 Å². The standard InChI is InChI=1S/C17H21N/c1-4-13-8-15-9-18-10-17(15)12(3)16(13)7-11(2)14-5-6-14/h4,7-8,14,18H,1,5-6,9-10H2,2-3H3/b11-7+. The molecule has 0 bridgehead atoms. The maximum absolute atomic E-state index is 3.98. The lowest BCUT2D eigenvalue weighted by atomic mass is 9.92. The number of fused-ring (bicyclic) bond motifs is 1. The first kappa shape index (κ1) is 11.7. The molecule has 3 rings (SSSR count). The number of allylic oxidation sites excluding steroid dienone is 1. The fourth-order valence-corrected chi connectivity index (χ4v) is 2.94. The van der Waals surface area contributed by atoms with Gasteiger partial charge in [-0.05, 0) is 66.5 Å². The van der Waals surface area contributed by atoms with Gasteiger partial charge in [0.2, 0.25) is 0 Å². The molecule has 1 heterocycles. The Morgan fingerprint density at radius 1 is 1.39 bits per heavy atom. The third-order valence-corrected chi connectivity index (χ3v) is 4.32. The van der Waals surface area contributed by atoms with Gasteiger partial charge in [0.1, 0.15) is 0 Å². The minimum absolute atomic E-state index is 0.841. The molecule has 94 valence electrons. The maximum Gasteiger partial charge on any atom is 0.0214 e. The van der Waals surface area contributed by atoms with Crippen LogP contribution in [0.15, 0.2) is 18.2 Å². The third-order valence-electron chi connectivity index (χ3n) is 4.32. The van der Waals surface area contributed by atoms with Crippen LogP contribution in [-0.2, 0) is 13.1 Å². The number of rotatable bonds is 3. The molecule has 1 aliphatic heterocycles. The van der Waals surface area contributed by atoms with E-state index in [-0.39, 0.29) is 0 Å². The highest BCUT2D eigenvalue weighted by Crippen LogP contribution is 2.38. The second-order valence-corrected chi connectivity index (χ2v) is 5.61. The van der Waals surface area contributed by atoms with E-state index in [2.05, 4.69) is 37.9 Å². The van der Waals surface area contributed by atoms with Crippen LogP contribution in [0.4, 0.5) is 0 Å². The Morgan fingerprint density at radius 2 is 2.17 bits per heavy atom. The minimum Gasteiger partial charge on any atom is -0.309 e. The van der Waals surface area contributed by atoms with E-state index in [9.17, 15) is 0 Å². The summed E-state index contributed by atoms with van der Waals surface area (Å²) < 4.78 is 0. The molecule has 1 N–H and O–H groups in total. The molecule has 0 saturated heterocycles. The Kier molecular flexibility index (Phi) is 2.87. The number of benzene rings is 1. The van der Waals surface area contributed by atoms with Crippen molar-refractivity contribution < 1.29 is 0 Å². The van der Waals surface area contributed by atoms with E-state index in [1.807, 2.05) is 6.08 Å². The van der Waals surface area contributed by atoms with Crippen molar-refractivity contribution in [2.45, 2.75) is 39.8 Å². The van der Waals surface area contributed by atoms with Gasteiger partial charge in [-0.25, -0.2) is 0 Å². The molecular formula is C17H21N. The van der Waals surface area contributed by atoms with Crippen molar-refractivity contribution in [3.8, 4) is 0 Å². The molecule has 1 fully saturated rings. The molecule has 0 spiro atoms. The average Bonchev–Trinajstić information content (AvgIpc) is 3.11. The number of nitrogens with one attached hydrogen (secondary N) is 1. The summed E-state index contributed by atoms with van der Waals surface area (Å²) >= 11 is 0. The quantitative estimate of drug-likeness (QED) is 0.839. The summed E-state index contributed by atoms with van der Waals surface area (Å²) in [6.45, 7) is 10.5. The van der Waals surface area contributed by atoms with Gasteiger partial charge in [0.25, 0.3) is 0 Å². The van der Waals surface area contributed by atoms with Crippen LogP contribution < -0.4 is 5.32 Å². The van der Waals surface area contributed by atoms with Crippen LogP contribution in [-0.4, -0.2) is 0 Å². The summed E-state index contributed by atoms with van der Waals surface area (Å²) in [6.07, 6.45) is 7.13. The molecule has 1 aromatic rings. The zero-order valence-electron chi connectivity index (χ0n) is 11.3. The largest absolute Gasteiger partial charge is 0.309 e. The first-order valence-corrected chi connectivity index (χ1v) is 6.87. The second-order valence-electron chi connectivity index (χ2n) is 5.61. The number of hydrogen-bond acceptors (Lipinski definition) is 1. The zero-order chi connectivity index (χ0) is 12.7. The van der Waals surface area contributed by atoms with Crippen molar-refractivity contribution in [3.63, 3.8) is 0 Å². The van der Waals surface area contributed by atoms with Crippen LogP contribution in [0.5, 0.6) is 0 Å². The van der Waals surface area contributed by atoms with Crippen molar-refractivity contribution in [2.24, 2.45) is 5.92 Å². The molecule has 0 radical (unpaired) electrons. The van der Waals surface area contributed by atoms with E-state index >= 15 is 0 Å². The molecule has 1 nitrogen and oxygen atoms in total. The van der Waals surface area contributed by atoms with Crippen LogP contribution in [0, 0.1) is 12.8 Å². The molecular weight excluding hydrogens is 218 g/mol. The van der Waals surface area contributed by atoms with Crippen molar-refractivity contribution in [1.29, 1.82) is 0 Å². The zero-order valence-corrected chi connectivity index (χ0v) is 11.3. The van der Waals surface area contributed by atoms with Crippen LogP contribution in [0.1, 0.15) is 47.6 Å². The van der Waals surface area contributed by atoms with Gasteiger partial charge < -0.3 is 5.32 Å². The summed E-state index contributed by atoms with van der Waals surface area (Å²) in [6, 6.07) is 2.31. The Balaban J connectivity index is 2.12. The van der Waals surface area contributed by atoms with E-state index in [1.165, 1.54) is 46.2 Å². The Hall–Kier alpha value is -1.34. The highest BCUT2D eigenvalue weighted by Gasteiger charge is 2.24. The van der Waals surface area contributed by atoms with Crippen LogP contribution in [0.2, 0.25) is 0 Å². The first-order chi connectivity index (χ1) is 8.70. The lowest BCUT2D eigenvalue weighted by molar-refractivity contribution is 0.763. The van der Waals surface area contributed by atoms with Gasteiger partial charge in [-0.15, -0.1) is 0 Å². The summed E-state index contributed by atoms with van der Waals surface area (Å²) in [5, 5.41) is 3.44. The molecule has 1 heteroatoms. The fraction of sp³-hybridized carbons (Fsp3) is 0.412. The minimum atomic E-state index is 0.841. The van der Waals surface area contributed by atoms with Crippen LogP contribution in [0.3, 0.4) is 0 Å². The van der Waals surface area contributed by atoms with Gasteiger partial charge in [0.05, 0.1) is 0 Å². The van der Waals surface area contributed by atoms with Crippen molar-refractivity contribution in [2.75, 3.05) is 0 Å². The van der Waals surface area contributed by atoms with E-state index < -0.39 is 0 Å². The topological polar surface area (TPSA) is 12.0 Å². The molecule has 1 aliphatic carbocycles. The highest BCUT2D eigenvalue weighted by molar-refractivity contribution is 5.71. The van der Waals surface area contributed by atoms with Crippen molar-refractivity contribution in [3.05, 3.63) is 46.0 Å². The first-order valence-electron chi connectivity index (χ1n) is 6.87. The molecule has 18 heavy (non-hydrogen) atoms. The Labute approximate surface area is 110 Å². The Bertz CT molecular complexity index is 533. The van der Waals surface area contributed by atoms with Crippen LogP contribution >= 0.6 is 0 Å². The third kappa shape index (κ3) is 1.93. The summed E-state index contributed by atoms with van der Waals surface area (Å²) in [7, 11) is 0.